The van der Waals surface area contributed by atoms with Crippen LogP contribution in [0.15, 0.2) is 53.4 Å². The molecule has 1 unspecified atom stereocenters. The standard InChI is InChI=1S/C27H35N3O4S/c1-2-26(31)28-22-13-15-23(16-14-22)35(33,34)30-18-17-20-9-7-8-12-24(20)25(30)19-27(32)29-21-10-5-3-4-6-11-21/h7-9,12-16,21,25H,2-6,10-11,17-19H2,1H3,(H,28,31)(H,29,32). The lowest BCUT2D eigenvalue weighted by atomic mass is 9.92. The van der Waals surface area contributed by atoms with Crippen molar-refractivity contribution < 1.29 is 18.0 Å². The molecule has 0 saturated heterocycles. The molecule has 2 aliphatic rings. The number of hydrogen-bond acceptors (Lipinski definition) is 4. The second-order valence-electron chi connectivity index (χ2n) is 9.47. The molecule has 0 spiro atoms. The number of nitrogens with one attached hydrogen (secondary N) is 2. The largest absolute Gasteiger partial charge is 0.353 e. The van der Waals surface area contributed by atoms with Crippen molar-refractivity contribution in [2.45, 2.75) is 81.7 Å². The maximum atomic E-state index is 13.7. The highest BCUT2D eigenvalue weighted by atomic mass is 32.2. The van der Waals surface area contributed by atoms with Crippen LogP contribution in [-0.2, 0) is 26.0 Å². The number of nitrogens with zero attached hydrogens (tertiary/aromatic N) is 1. The fraction of sp³-hybridized carbons (Fsp3) is 0.481. The van der Waals surface area contributed by atoms with E-state index < -0.39 is 16.1 Å². The van der Waals surface area contributed by atoms with Gasteiger partial charge >= 0.3 is 0 Å². The Balaban J connectivity index is 1.57. The Bertz CT molecular complexity index is 1140. The molecule has 2 amide bonds. The third kappa shape index (κ3) is 6.11. The topological polar surface area (TPSA) is 95.6 Å². The molecule has 2 N–H and O–H groups in total. The monoisotopic (exact) mass is 497 g/mol. The molecule has 1 aliphatic carbocycles. The van der Waals surface area contributed by atoms with Gasteiger partial charge in [-0.05, 0) is 54.7 Å². The Hall–Kier alpha value is -2.71. The molecule has 1 heterocycles. The van der Waals surface area contributed by atoms with Crippen molar-refractivity contribution in [2.24, 2.45) is 0 Å². The number of sulfonamides is 1. The molecule has 1 atom stereocenters. The number of hydrogen-bond donors (Lipinski definition) is 2. The normalized spacial score (nSPS) is 19.4. The van der Waals surface area contributed by atoms with E-state index in [2.05, 4.69) is 10.6 Å². The lowest BCUT2D eigenvalue weighted by Crippen LogP contribution is -2.43. The molecule has 1 aliphatic heterocycles. The van der Waals surface area contributed by atoms with Crippen LogP contribution in [0, 0.1) is 0 Å². The van der Waals surface area contributed by atoms with Crippen LogP contribution in [0.25, 0.3) is 0 Å². The zero-order valence-corrected chi connectivity index (χ0v) is 21.1. The van der Waals surface area contributed by atoms with Crippen molar-refractivity contribution in [1.82, 2.24) is 9.62 Å². The summed E-state index contributed by atoms with van der Waals surface area (Å²) in [4.78, 5) is 24.9. The van der Waals surface area contributed by atoms with Crippen LogP contribution in [0.1, 0.15) is 75.5 Å². The van der Waals surface area contributed by atoms with Crippen molar-refractivity contribution >= 4 is 27.5 Å². The highest BCUT2D eigenvalue weighted by Crippen LogP contribution is 2.36. The van der Waals surface area contributed by atoms with E-state index in [0.29, 0.717) is 25.1 Å². The van der Waals surface area contributed by atoms with E-state index in [0.717, 1.165) is 36.8 Å². The summed E-state index contributed by atoms with van der Waals surface area (Å²) in [5.41, 5.74) is 2.54. The molecule has 7 nitrogen and oxygen atoms in total. The van der Waals surface area contributed by atoms with Crippen LogP contribution >= 0.6 is 0 Å². The first kappa shape index (κ1) is 25.4. The second-order valence-corrected chi connectivity index (χ2v) is 11.4. The van der Waals surface area contributed by atoms with Crippen molar-refractivity contribution in [3.8, 4) is 0 Å². The van der Waals surface area contributed by atoms with Crippen LogP contribution in [0.4, 0.5) is 5.69 Å². The van der Waals surface area contributed by atoms with Crippen LogP contribution in [-0.4, -0.2) is 37.1 Å². The summed E-state index contributed by atoms with van der Waals surface area (Å²) in [6.07, 6.45) is 7.64. The maximum absolute atomic E-state index is 13.7. The van der Waals surface area contributed by atoms with Gasteiger partial charge in [-0.25, -0.2) is 8.42 Å². The summed E-state index contributed by atoms with van der Waals surface area (Å²) in [5, 5.41) is 5.92. The van der Waals surface area contributed by atoms with Gasteiger partial charge in [0, 0.05) is 31.1 Å². The van der Waals surface area contributed by atoms with Crippen LogP contribution in [0.3, 0.4) is 0 Å². The minimum atomic E-state index is -3.85. The Labute approximate surface area is 208 Å². The van der Waals surface area contributed by atoms with Gasteiger partial charge in [-0.3, -0.25) is 9.59 Å². The van der Waals surface area contributed by atoms with Gasteiger partial charge in [-0.15, -0.1) is 0 Å². The molecule has 1 fully saturated rings. The number of carbonyl (C=O) groups excluding carboxylic acids is 2. The van der Waals surface area contributed by atoms with Crippen molar-refractivity contribution in [3.05, 3.63) is 59.7 Å². The summed E-state index contributed by atoms with van der Waals surface area (Å²) in [6, 6.07) is 13.6. The quantitative estimate of drug-likeness (QED) is 0.549. The average Bonchev–Trinajstić information content (AvgIpc) is 3.13. The highest BCUT2D eigenvalue weighted by molar-refractivity contribution is 7.89. The second kappa shape index (κ2) is 11.4. The van der Waals surface area contributed by atoms with Gasteiger partial charge in [0.2, 0.25) is 21.8 Å². The average molecular weight is 498 g/mol. The minimum Gasteiger partial charge on any atom is -0.353 e. The van der Waals surface area contributed by atoms with E-state index in [9.17, 15) is 18.0 Å². The van der Waals surface area contributed by atoms with E-state index in [1.807, 2.05) is 24.3 Å². The summed E-state index contributed by atoms with van der Waals surface area (Å²) >= 11 is 0. The first-order valence-corrected chi connectivity index (χ1v) is 14.1. The molecule has 188 valence electrons. The van der Waals surface area contributed by atoms with E-state index in [-0.39, 0.29) is 29.2 Å². The molecule has 1 saturated carbocycles. The number of fused-ring (bicyclic) bond motifs is 1. The smallest absolute Gasteiger partial charge is 0.243 e. The maximum Gasteiger partial charge on any atom is 0.243 e. The van der Waals surface area contributed by atoms with E-state index >= 15 is 0 Å². The predicted octanol–water partition coefficient (Wildman–Crippen LogP) is 4.55. The Morgan fingerprint density at radius 2 is 1.63 bits per heavy atom. The zero-order chi connectivity index (χ0) is 24.8. The summed E-state index contributed by atoms with van der Waals surface area (Å²) < 4.78 is 28.9. The molecule has 8 heteroatoms. The van der Waals surface area contributed by atoms with Gasteiger partial charge in [0.15, 0.2) is 0 Å². The van der Waals surface area contributed by atoms with E-state index in [4.69, 9.17) is 0 Å². The zero-order valence-electron chi connectivity index (χ0n) is 20.3. The first-order chi connectivity index (χ1) is 16.9. The summed E-state index contributed by atoms with van der Waals surface area (Å²) in [5.74, 6) is -0.232. The molecular formula is C27H35N3O4S. The van der Waals surface area contributed by atoms with Crippen LogP contribution in [0.5, 0.6) is 0 Å². The number of benzene rings is 2. The summed E-state index contributed by atoms with van der Waals surface area (Å²) in [7, 11) is -3.85. The number of carbonyl (C=O) groups is 2. The first-order valence-electron chi connectivity index (χ1n) is 12.7. The number of amides is 2. The number of anilines is 1. The molecule has 4 rings (SSSR count). The molecule has 0 aromatic heterocycles. The SMILES string of the molecule is CCC(=O)Nc1ccc(S(=O)(=O)N2CCc3ccccc3C2CC(=O)NC2CCCCCC2)cc1. The van der Waals surface area contributed by atoms with Gasteiger partial charge < -0.3 is 10.6 Å². The molecular weight excluding hydrogens is 462 g/mol. The van der Waals surface area contributed by atoms with Gasteiger partial charge in [0.25, 0.3) is 0 Å². The summed E-state index contributed by atoms with van der Waals surface area (Å²) in [6.45, 7) is 2.07. The molecule has 2 aromatic rings. The predicted molar refractivity (Wildman–Crippen MR) is 136 cm³/mol. The molecule has 0 bridgehead atoms. The fourth-order valence-electron chi connectivity index (χ4n) is 5.11. The van der Waals surface area contributed by atoms with E-state index in [1.54, 1.807) is 19.1 Å². The van der Waals surface area contributed by atoms with Gasteiger partial charge in [-0.1, -0.05) is 56.9 Å². The van der Waals surface area contributed by atoms with E-state index in [1.165, 1.54) is 29.3 Å². The van der Waals surface area contributed by atoms with Crippen LogP contribution in [0.2, 0.25) is 0 Å². The van der Waals surface area contributed by atoms with Gasteiger partial charge in [0.1, 0.15) is 0 Å². The highest BCUT2D eigenvalue weighted by Gasteiger charge is 2.37. The fourth-order valence-corrected chi connectivity index (χ4v) is 6.71. The van der Waals surface area contributed by atoms with Crippen LogP contribution < -0.4 is 10.6 Å². The van der Waals surface area contributed by atoms with Crippen molar-refractivity contribution in [3.63, 3.8) is 0 Å². The third-order valence-corrected chi connectivity index (χ3v) is 8.95. The third-order valence-electron chi connectivity index (χ3n) is 7.03. The minimum absolute atomic E-state index is 0.0946. The molecule has 35 heavy (non-hydrogen) atoms. The van der Waals surface area contributed by atoms with Crippen molar-refractivity contribution in [2.75, 3.05) is 11.9 Å². The lowest BCUT2D eigenvalue weighted by molar-refractivity contribution is -0.123. The molecule has 0 radical (unpaired) electrons. The Morgan fingerprint density at radius 1 is 0.943 bits per heavy atom. The Kier molecular flexibility index (Phi) is 8.23. The number of rotatable bonds is 7. The Morgan fingerprint density at radius 3 is 2.31 bits per heavy atom. The molecule has 2 aromatic carbocycles. The van der Waals surface area contributed by atoms with Crippen molar-refractivity contribution in [1.29, 1.82) is 0 Å². The van der Waals surface area contributed by atoms with Gasteiger partial charge in [0.05, 0.1) is 10.9 Å². The lowest BCUT2D eigenvalue weighted by Gasteiger charge is -2.36. The van der Waals surface area contributed by atoms with Gasteiger partial charge in [-0.2, -0.15) is 4.31 Å².